The van der Waals surface area contributed by atoms with Crippen molar-refractivity contribution in [3.8, 4) is 0 Å². The highest BCUT2D eigenvalue weighted by atomic mass is 15.2. The summed E-state index contributed by atoms with van der Waals surface area (Å²) in [6, 6.07) is 0.769. The second-order valence-corrected chi connectivity index (χ2v) is 5.12. The Morgan fingerprint density at radius 1 is 1.08 bits per heavy atom. The Labute approximate surface area is 81.7 Å². The van der Waals surface area contributed by atoms with E-state index in [0.717, 1.165) is 23.8 Å². The third-order valence-electron chi connectivity index (χ3n) is 3.96. The molecular weight excluding hydrogens is 160 g/mol. The highest BCUT2D eigenvalue weighted by Crippen LogP contribution is 2.29. The maximum Gasteiger partial charge on any atom is 0.00901 e. The van der Waals surface area contributed by atoms with Gasteiger partial charge in [-0.05, 0) is 37.8 Å². The first-order valence-corrected chi connectivity index (χ1v) is 5.63. The predicted molar refractivity (Wildman–Crippen MR) is 55.7 cm³/mol. The van der Waals surface area contributed by atoms with Gasteiger partial charge in [0.15, 0.2) is 0 Å². The minimum absolute atomic E-state index is 0.769. The number of nitrogens with zero attached hydrogens (tertiary/aromatic N) is 1. The van der Waals surface area contributed by atoms with Crippen LogP contribution in [0.15, 0.2) is 0 Å². The topological polar surface area (TPSA) is 15.3 Å². The summed E-state index contributed by atoms with van der Waals surface area (Å²) < 4.78 is 0. The molecule has 2 heteroatoms. The molecule has 0 saturated carbocycles. The quantitative estimate of drug-likeness (QED) is 0.690. The third kappa shape index (κ3) is 1.75. The first-order chi connectivity index (χ1) is 6.18. The minimum Gasteiger partial charge on any atom is -0.316 e. The van der Waals surface area contributed by atoms with Crippen molar-refractivity contribution in [2.45, 2.75) is 26.8 Å². The van der Waals surface area contributed by atoms with Gasteiger partial charge in [-0.25, -0.2) is 0 Å². The molecule has 76 valence electrons. The molecule has 3 unspecified atom stereocenters. The van der Waals surface area contributed by atoms with Crippen molar-refractivity contribution in [1.29, 1.82) is 0 Å². The molecule has 2 rings (SSSR count). The molecule has 0 bridgehead atoms. The van der Waals surface area contributed by atoms with E-state index in [0.29, 0.717) is 0 Å². The van der Waals surface area contributed by atoms with E-state index in [9.17, 15) is 0 Å². The summed E-state index contributed by atoms with van der Waals surface area (Å²) in [7, 11) is 0. The van der Waals surface area contributed by atoms with Crippen LogP contribution in [0, 0.1) is 17.8 Å². The fourth-order valence-electron chi connectivity index (χ4n) is 2.65. The van der Waals surface area contributed by atoms with Crippen molar-refractivity contribution >= 4 is 0 Å². The molecule has 0 aromatic carbocycles. The van der Waals surface area contributed by atoms with Crippen LogP contribution in [0.1, 0.15) is 20.8 Å². The minimum atomic E-state index is 0.769. The molecule has 0 amide bonds. The Hall–Kier alpha value is -0.0800. The van der Waals surface area contributed by atoms with Crippen molar-refractivity contribution in [2.24, 2.45) is 17.8 Å². The molecule has 3 atom stereocenters. The van der Waals surface area contributed by atoms with Gasteiger partial charge in [-0.2, -0.15) is 0 Å². The third-order valence-corrected chi connectivity index (χ3v) is 3.96. The Morgan fingerprint density at radius 3 is 2.08 bits per heavy atom. The molecule has 0 spiro atoms. The molecule has 2 aliphatic heterocycles. The van der Waals surface area contributed by atoms with E-state index < -0.39 is 0 Å². The predicted octanol–water partition coefficient (Wildman–Crippen LogP) is 1.18. The van der Waals surface area contributed by atoms with Crippen LogP contribution < -0.4 is 5.32 Å². The maximum atomic E-state index is 3.49. The lowest BCUT2D eigenvalue weighted by atomic mass is 10.0. The van der Waals surface area contributed by atoms with Gasteiger partial charge in [-0.1, -0.05) is 13.8 Å². The van der Waals surface area contributed by atoms with Gasteiger partial charge < -0.3 is 5.32 Å². The fraction of sp³-hybridized carbons (Fsp3) is 1.00. The lowest BCUT2D eigenvalue weighted by Crippen LogP contribution is -2.36. The van der Waals surface area contributed by atoms with Crippen LogP contribution in [0.5, 0.6) is 0 Å². The van der Waals surface area contributed by atoms with Crippen molar-refractivity contribution in [3.05, 3.63) is 0 Å². The number of likely N-dealkylation sites (tertiary alicyclic amines) is 1. The molecule has 0 radical (unpaired) electrons. The first-order valence-electron chi connectivity index (χ1n) is 5.63. The first kappa shape index (κ1) is 9.47. The Bertz CT molecular complexity index is 167. The molecular formula is C11H22N2. The highest BCUT2D eigenvalue weighted by Gasteiger charge is 2.37. The number of hydrogen-bond acceptors (Lipinski definition) is 2. The van der Waals surface area contributed by atoms with Crippen LogP contribution in [0.2, 0.25) is 0 Å². The molecule has 2 fully saturated rings. The second-order valence-electron chi connectivity index (χ2n) is 5.12. The number of nitrogens with one attached hydrogen (secondary N) is 1. The van der Waals surface area contributed by atoms with Crippen molar-refractivity contribution in [3.63, 3.8) is 0 Å². The molecule has 2 nitrogen and oxygen atoms in total. The Balaban J connectivity index is 1.91. The Morgan fingerprint density at radius 2 is 1.62 bits per heavy atom. The molecule has 1 N–H and O–H groups in total. The summed E-state index contributed by atoms with van der Waals surface area (Å²) in [6.07, 6.45) is 0. The summed E-state index contributed by atoms with van der Waals surface area (Å²) >= 11 is 0. The second kappa shape index (κ2) is 3.58. The fourth-order valence-corrected chi connectivity index (χ4v) is 2.65. The van der Waals surface area contributed by atoms with Gasteiger partial charge in [0.1, 0.15) is 0 Å². The zero-order valence-electron chi connectivity index (χ0n) is 9.09. The molecule has 2 aliphatic rings. The van der Waals surface area contributed by atoms with E-state index >= 15 is 0 Å². The van der Waals surface area contributed by atoms with E-state index in [2.05, 4.69) is 31.0 Å². The van der Waals surface area contributed by atoms with Gasteiger partial charge in [-0.15, -0.1) is 0 Å². The largest absolute Gasteiger partial charge is 0.316 e. The molecule has 2 heterocycles. The summed E-state index contributed by atoms with van der Waals surface area (Å²) in [4.78, 5) is 2.68. The monoisotopic (exact) mass is 182 g/mol. The van der Waals surface area contributed by atoms with Gasteiger partial charge in [0.05, 0.1) is 0 Å². The molecule has 2 saturated heterocycles. The van der Waals surface area contributed by atoms with E-state index in [1.165, 1.54) is 26.2 Å². The number of hydrogen-bond donors (Lipinski definition) is 1. The zero-order chi connectivity index (χ0) is 9.42. The van der Waals surface area contributed by atoms with Crippen molar-refractivity contribution in [1.82, 2.24) is 10.2 Å². The van der Waals surface area contributed by atoms with Gasteiger partial charge >= 0.3 is 0 Å². The van der Waals surface area contributed by atoms with Crippen LogP contribution in [-0.4, -0.2) is 37.1 Å². The molecule has 0 aromatic heterocycles. The van der Waals surface area contributed by atoms with Gasteiger partial charge in [0.2, 0.25) is 0 Å². The summed E-state index contributed by atoms with van der Waals surface area (Å²) in [5.74, 6) is 2.69. The lowest BCUT2D eigenvalue weighted by molar-refractivity contribution is 0.194. The SMILES string of the molecule is CC(C)C(C)N1CC2CNCC2C1. The maximum absolute atomic E-state index is 3.49. The van der Waals surface area contributed by atoms with Crippen LogP contribution in [-0.2, 0) is 0 Å². The lowest BCUT2D eigenvalue weighted by Gasteiger charge is -2.28. The molecule has 0 aromatic rings. The van der Waals surface area contributed by atoms with Gasteiger partial charge in [-0.3, -0.25) is 4.90 Å². The van der Waals surface area contributed by atoms with E-state index in [1.54, 1.807) is 0 Å². The van der Waals surface area contributed by atoms with Crippen molar-refractivity contribution in [2.75, 3.05) is 26.2 Å². The molecule has 0 aliphatic carbocycles. The summed E-state index contributed by atoms with van der Waals surface area (Å²) in [5, 5.41) is 3.49. The van der Waals surface area contributed by atoms with Crippen molar-refractivity contribution < 1.29 is 0 Å². The molecule has 13 heavy (non-hydrogen) atoms. The normalized spacial score (nSPS) is 36.9. The standard InChI is InChI=1S/C11H22N2/c1-8(2)9(3)13-6-10-4-12-5-11(10)7-13/h8-12H,4-7H2,1-3H3. The summed E-state index contributed by atoms with van der Waals surface area (Å²) in [5.41, 5.74) is 0. The van der Waals surface area contributed by atoms with Crippen LogP contribution in [0.25, 0.3) is 0 Å². The van der Waals surface area contributed by atoms with E-state index in [-0.39, 0.29) is 0 Å². The van der Waals surface area contributed by atoms with Crippen LogP contribution in [0.3, 0.4) is 0 Å². The average Bonchev–Trinajstić information content (AvgIpc) is 2.59. The summed E-state index contributed by atoms with van der Waals surface area (Å²) in [6.45, 7) is 12.2. The number of fused-ring (bicyclic) bond motifs is 1. The average molecular weight is 182 g/mol. The van der Waals surface area contributed by atoms with E-state index in [4.69, 9.17) is 0 Å². The van der Waals surface area contributed by atoms with Gasteiger partial charge in [0.25, 0.3) is 0 Å². The number of rotatable bonds is 2. The van der Waals surface area contributed by atoms with E-state index in [1.807, 2.05) is 0 Å². The zero-order valence-corrected chi connectivity index (χ0v) is 9.09. The van der Waals surface area contributed by atoms with Gasteiger partial charge in [0, 0.05) is 19.1 Å². The Kier molecular flexibility index (Phi) is 2.61. The highest BCUT2D eigenvalue weighted by molar-refractivity contribution is 4.93. The smallest absolute Gasteiger partial charge is 0.00901 e. The van der Waals surface area contributed by atoms with Crippen LogP contribution in [0.4, 0.5) is 0 Å². The van der Waals surface area contributed by atoms with Crippen LogP contribution >= 0.6 is 0 Å².